The zero-order valence-electron chi connectivity index (χ0n) is 17.2. The van der Waals surface area contributed by atoms with E-state index in [1.165, 1.54) is 14.0 Å². The molecular formula is C22H28N2O5. The summed E-state index contributed by atoms with van der Waals surface area (Å²) in [4.78, 5) is 34.9. The fourth-order valence-corrected chi connectivity index (χ4v) is 2.35. The van der Waals surface area contributed by atoms with Crippen LogP contribution in [0.25, 0.3) is 0 Å². The van der Waals surface area contributed by atoms with Crippen molar-refractivity contribution in [3.63, 3.8) is 0 Å². The number of carbonyl (C=O) groups is 3. The normalized spacial score (nSPS) is 10.6. The predicted octanol–water partition coefficient (Wildman–Crippen LogP) is 3.30. The van der Waals surface area contributed by atoms with Crippen molar-refractivity contribution < 1.29 is 23.9 Å². The summed E-state index contributed by atoms with van der Waals surface area (Å²) in [5, 5.41) is 5.07. The summed E-state index contributed by atoms with van der Waals surface area (Å²) in [5.74, 6) is -0.845. The summed E-state index contributed by atoms with van der Waals surface area (Å²) in [7, 11) is 1.20. The van der Waals surface area contributed by atoms with Crippen LogP contribution in [-0.4, -0.2) is 30.9 Å². The summed E-state index contributed by atoms with van der Waals surface area (Å²) < 4.78 is 10.3. The summed E-state index contributed by atoms with van der Waals surface area (Å²) in [5.41, 5.74) is 1.61. The van der Waals surface area contributed by atoms with Crippen molar-refractivity contribution >= 4 is 23.5 Å². The first-order valence-electron chi connectivity index (χ1n) is 9.39. The highest BCUT2D eigenvalue weighted by Crippen LogP contribution is 2.17. The number of methoxy groups -OCH3 is 1. The molecule has 2 aromatic carbocycles. The van der Waals surface area contributed by atoms with E-state index in [-0.39, 0.29) is 6.42 Å². The van der Waals surface area contributed by atoms with Gasteiger partial charge in [0, 0.05) is 12.6 Å². The molecule has 0 fully saturated rings. The van der Waals surface area contributed by atoms with Crippen LogP contribution in [0.1, 0.15) is 32.8 Å². The fourth-order valence-electron chi connectivity index (χ4n) is 2.35. The Bertz CT molecular complexity index is 776. The Labute approximate surface area is 171 Å². The molecule has 7 nitrogen and oxygen atoms in total. The van der Waals surface area contributed by atoms with E-state index in [1.54, 1.807) is 24.3 Å². The molecule has 29 heavy (non-hydrogen) atoms. The Balaban J connectivity index is 0.00000204. The molecule has 0 spiro atoms. The van der Waals surface area contributed by atoms with Crippen LogP contribution < -0.4 is 15.4 Å². The van der Waals surface area contributed by atoms with Crippen LogP contribution in [0.4, 0.5) is 5.69 Å². The van der Waals surface area contributed by atoms with Gasteiger partial charge in [0.05, 0.1) is 13.5 Å². The molecule has 7 heteroatoms. The first kappa shape index (κ1) is 23.7. The van der Waals surface area contributed by atoms with Crippen LogP contribution >= 0.6 is 0 Å². The van der Waals surface area contributed by atoms with Crippen molar-refractivity contribution in [2.75, 3.05) is 12.4 Å². The average molecular weight is 400 g/mol. The number of anilines is 1. The Morgan fingerprint density at radius 1 is 0.966 bits per heavy atom. The third-order valence-corrected chi connectivity index (χ3v) is 3.64. The molecule has 1 unspecified atom stereocenters. The van der Waals surface area contributed by atoms with Crippen molar-refractivity contribution in [3.05, 3.63) is 60.2 Å². The number of amides is 2. The molecule has 2 aromatic rings. The van der Waals surface area contributed by atoms with Gasteiger partial charge in [0.25, 0.3) is 0 Å². The quantitative estimate of drug-likeness (QED) is 0.663. The van der Waals surface area contributed by atoms with Gasteiger partial charge in [0.15, 0.2) is 0 Å². The standard InChI is InChI=1S/C20H22N2O5.C2H6/c1-14(23)21-18(20(25)26-2)12-19(24)22-16-8-10-17(11-9-16)27-13-15-6-4-3-5-7-15;1-2/h3-11,18H,12-13H2,1-2H3,(H,21,23)(H,22,24);1-2H3. The largest absolute Gasteiger partial charge is 0.489 e. The van der Waals surface area contributed by atoms with Crippen LogP contribution in [-0.2, 0) is 25.7 Å². The van der Waals surface area contributed by atoms with Crippen LogP contribution in [0.3, 0.4) is 0 Å². The van der Waals surface area contributed by atoms with E-state index >= 15 is 0 Å². The van der Waals surface area contributed by atoms with Crippen molar-refractivity contribution in [3.8, 4) is 5.75 Å². The number of hydrogen-bond donors (Lipinski definition) is 2. The van der Waals surface area contributed by atoms with Crippen LogP contribution in [0.15, 0.2) is 54.6 Å². The minimum Gasteiger partial charge on any atom is -0.489 e. The molecule has 0 saturated heterocycles. The summed E-state index contributed by atoms with van der Waals surface area (Å²) in [6.07, 6.45) is -0.224. The number of rotatable bonds is 8. The third-order valence-electron chi connectivity index (χ3n) is 3.64. The van der Waals surface area contributed by atoms with Crippen LogP contribution in [0.5, 0.6) is 5.75 Å². The topological polar surface area (TPSA) is 93.7 Å². The monoisotopic (exact) mass is 400 g/mol. The first-order chi connectivity index (χ1) is 14.0. The van der Waals surface area contributed by atoms with Gasteiger partial charge in [-0.1, -0.05) is 44.2 Å². The minimum atomic E-state index is -1.03. The number of hydrogen-bond acceptors (Lipinski definition) is 5. The second kappa shape index (κ2) is 12.9. The van der Waals surface area contributed by atoms with Crippen molar-refractivity contribution in [1.82, 2.24) is 5.32 Å². The lowest BCUT2D eigenvalue weighted by Crippen LogP contribution is -2.42. The average Bonchev–Trinajstić information content (AvgIpc) is 2.74. The number of benzene rings is 2. The number of esters is 1. The molecule has 0 aliphatic heterocycles. The van der Waals surface area contributed by atoms with E-state index in [4.69, 9.17) is 4.74 Å². The van der Waals surface area contributed by atoms with Gasteiger partial charge in [-0.15, -0.1) is 0 Å². The molecule has 0 radical (unpaired) electrons. The highest BCUT2D eigenvalue weighted by molar-refractivity contribution is 5.95. The van der Waals surface area contributed by atoms with Gasteiger partial charge in [0.2, 0.25) is 11.8 Å². The van der Waals surface area contributed by atoms with Crippen LogP contribution in [0, 0.1) is 0 Å². The van der Waals surface area contributed by atoms with Crippen molar-refractivity contribution in [2.24, 2.45) is 0 Å². The molecule has 2 N–H and O–H groups in total. The number of nitrogens with one attached hydrogen (secondary N) is 2. The Kier molecular flexibility index (Phi) is 10.6. The van der Waals surface area contributed by atoms with Crippen molar-refractivity contribution in [1.29, 1.82) is 0 Å². The highest BCUT2D eigenvalue weighted by atomic mass is 16.5. The van der Waals surface area contributed by atoms with Gasteiger partial charge in [-0.2, -0.15) is 0 Å². The van der Waals surface area contributed by atoms with Gasteiger partial charge < -0.3 is 20.1 Å². The predicted molar refractivity (Wildman–Crippen MR) is 111 cm³/mol. The Hall–Kier alpha value is -3.35. The number of ether oxygens (including phenoxy) is 2. The molecule has 156 valence electrons. The molecule has 0 saturated carbocycles. The Morgan fingerprint density at radius 3 is 2.14 bits per heavy atom. The lowest BCUT2D eigenvalue weighted by molar-refractivity contribution is -0.146. The molecule has 0 aromatic heterocycles. The highest BCUT2D eigenvalue weighted by Gasteiger charge is 2.23. The maximum atomic E-state index is 12.1. The van der Waals surface area contributed by atoms with Gasteiger partial charge in [-0.05, 0) is 29.8 Å². The summed E-state index contributed by atoms with van der Waals surface area (Å²) in [6, 6.07) is 15.6. The van der Waals surface area contributed by atoms with E-state index in [1.807, 2.05) is 44.2 Å². The molecule has 0 aliphatic rings. The first-order valence-corrected chi connectivity index (χ1v) is 9.39. The minimum absolute atomic E-state index is 0.224. The maximum Gasteiger partial charge on any atom is 0.328 e. The molecule has 2 amide bonds. The second-order valence-corrected chi connectivity index (χ2v) is 5.83. The smallest absolute Gasteiger partial charge is 0.328 e. The van der Waals surface area contributed by atoms with Gasteiger partial charge in [0.1, 0.15) is 18.4 Å². The SMILES string of the molecule is CC.COC(=O)C(CC(=O)Nc1ccc(OCc2ccccc2)cc1)NC(C)=O. The summed E-state index contributed by atoms with van der Waals surface area (Å²) >= 11 is 0. The molecule has 1 atom stereocenters. The fraction of sp³-hybridized carbons (Fsp3) is 0.318. The van der Waals surface area contributed by atoms with E-state index < -0.39 is 23.8 Å². The summed E-state index contributed by atoms with van der Waals surface area (Å²) in [6.45, 7) is 5.71. The molecule has 0 heterocycles. The van der Waals surface area contributed by atoms with Gasteiger partial charge >= 0.3 is 5.97 Å². The van der Waals surface area contributed by atoms with E-state index in [0.717, 1.165) is 5.56 Å². The zero-order valence-corrected chi connectivity index (χ0v) is 17.2. The maximum absolute atomic E-state index is 12.1. The second-order valence-electron chi connectivity index (χ2n) is 5.83. The van der Waals surface area contributed by atoms with Crippen LogP contribution in [0.2, 0.25) is 0 Å². The lowest BCUT2D eigenvalue weighted by atomic mass is 10.2. The van der Waals surface area contributed by atoms with E-state index in [0.29, 0.717) is 18.0 Å². The van der Waals surface area contributed by atoms with Crippen molar-refractivity contribution in [2.45, 2.75) is 39.8 Å². The zero-order chi connectivity index (χ0) is 21.6. The number of carbonyl (C=O) groups excluding carboxylic acids is 3. The molecule has 2 rings (SSSR count). The molecule has 0 bridgehead atoms. The lowest BCUT2D eigenvalue weighted by Gasteiger charge is -2.15. The van der Waals surface area contributed by atoms with Gasteiger partial charge in [-0.3, -0.25) is 9.59 Å². The molecular weight excluding hydrogens is 372 g/mol. The van der Waals surface area contributed by atoms with Gasteiger partial charge in [-0.25, -0.2) is 4.79 Å². The Morgan fingerprint density at radius 2 is 1.59 bits per heavy atom. The van der Waals surface area contributed by atoms with E-state index in [2.05, 4.69) is 15.4 Å². The third kappa shape index (κ3) is 8.92. The molecule has 0 aliphatic carbocycles. The van der Waals surface area contributed by atoms with E-state index in [9.17, 15) is 14.4 Å².